The monoisotopic (exact) mass is 368 g/mol. The van der Waals surface area contributed by atoms with Crippen LogP contribution >= 0.6 is 0 Å². The molecule has 2 bridgehead atoms. The fourth-order valence-corrected chi connectivity index (χ4v) is 4.31. The molecule has 0 radical (unpaired) electrons. The van der Waals surface area contributed by atoms with Crippen molar-refractivity contribution in [3.05, 3.63) is 47.0 Å². The zero-order chi connectivity index (χ0) is 19.8. The first-order valence-corrected chi connectivity index (χ1v) is 10.5. The van der Waals surface area contributed by atoms with Crippen molar-refractivity contribution < 1.29 is 9.53 Å². The molecule has 0 heterocycles. The Hall–Kier alpha value is -1.57. The number of carbonyl (C=O) groups excluding carboxylic acids is 1. The van der Waals surface area contributed by atoms with Crippen molar-refractivity contribution in [1.29, 1.82) is 0 Å². The van der Waals surface area contributed by atoms with E-state index >= 15 is 0 Å². The largest absolute Gasteiger partial charge is 0.465 e. The van der Waals surface area contributed by atoms with E-state index in [1.165, 1.54) is 29.5 Å². The van der Waals surface area contributed by atoms with E-state index < -0.39 is 0 Å². The molecule has 0 N–H and O–H groups in total. The summed E-state index contributed by atoms with van der Waals surface area (Å²) in [6, 6.07) is 6.86. The standard InChI is InChI=1S/C25H36O2/c1-24(2,3)21-13-18(14-22(15-21)25(4,5)6)8-10-23(26)27-16-20-12-17-7-9-19(20)11-17/h7,9,13-15,17,19-20H,8,10-12,16H2,1-6H3. The van der Waals surface area contributed by atoms with Gasteiger partial charge in [0.2, 0.25) is 0 Å². The van der Waals surface area contributed by atoms with E-state index in [9.17, 15) is 4.79 Å². The molecule has 1 aromatic rings. The summed E-state index contributed by atoms with van der Waals surface area (Å²) in [5, 5.41) is 0. The highest BCUT2D eigenvalue weighted by molar-refractivity contribution is 5.69. The number of aryl methyl sites for hydroxylation is 1. The fraction of sp³-hybridized carbons (Fsp3) is 0.640. The minimum atomic E-state index is -0.0553. The van der Waals surface area contributed by atoms with Gasteiger partial charge in [-0.25, -0.2) is 0 Å². The summed E-state index contributed by atoms with van der Waals surface area (Å²) < 4.78 is 5.62. The molecule has 3 unspecified atom stereocenters. The van der Waals surface area contributed by atoms with Gasteiger partial charge in [-0.1, -0.05) is 71.9 Å². The topological polar surface area (TPSA) is 26.3 Å². The molecule has 1 saturated carbocycles. The number of benzene rings is 1. The first-order chi connectivity index (χ1) is 12.5. The van der Waals surface area contributed by atoms with Crippen molar-refractivity contribution >= 4 is 5.97 Å². The van der Waals surface area contributed by atoms with Crippen molar-refractivity contribution in [2.45, 2.75) is 78.1 Å². The van der Waals surface area contributed by atoms with Crippen LogP contribution in [-0.4, -0.2) is 12.6 Å². The lowest BCUT2D eigenvalue weighted by Gasteiger charge is -2.26. The maximum atomic E-state index is 12.3. The molecule has 0 aromatic heterocycles. The summed E-state index contributed by atoms with van der Waals surface area (Å²) in [6.07, 6.45) is 8.32. The van der Waals surface area contributed by atoms with E-state index in [2.05, 4.69) is 71.9 Å². The summed E-state index contributed by atoms with van der Waals surface area (Å²) in [7, 11) is 0. The zero-order valence-electron chi connectivity index (χ0n) is 18.0. The van der Waals surface area contributed by atoms with Crippen LogP contribution in [0, 0.1) is 17.8 Å². The Balaban J connectivity index is 1.59. The van der Waals surface area contributed by atoms with Crippen LogP contribution in [0.2, 0.25) is 0 Å². The van der Waals surface area contributed by atoms with Crippen molar-refractivity contribution in [2.24, 2.45) is 17.8 Å². The Labute approximate surface area is 165 Å². The van der Waals surface area contributed by atoms with Gasteiger partial charge < -0.3 is 4.74 Å². The first kappa shape index (κ1) is 20.2. The van der Waals surface area contributed by atoms with Crippen molar-refractivity contribution in [2.75, 3.05) is 6.61 Å². The quantitative estimate of drug-likeness (QED) is 0.473. The number of carbonyl (C=O) groups is 1. The van der Waals surface area contributed by atoms with Gasteiger partial charge in [0.05, 0.1) is 6.61 Å². The van der Waals surface area contributed by atoms with Gasteiger partial charge in [-0.05, 0) is 64.5 Å². The average molecular weight is 369 g/mol. The minimum absolute atomic E-state index is 0.0553. The highest BCUT2D eigenvalue weighted by Gasteiger charge is 2.36. The Bertz CT molecular complexity index is 683. The van der Waals surface area contributed by atoms with E-state index in [0.717, 1.165) is 12.3 Å². The number of allylic oxidation sites excluding steroid dienone is 2. The highest BCUT2D eigenvalue weighted by atomic mass is 16.5. The van der Waals surface area contributed by atoms with E-state index in [4.69, 9.17) is 4.74 Å². The SMILES string of the molecule is CC(C)(C)c1cc(CCC(=O)OCC2CC3C=CC2C3)cc(C(C)(C)C)c1. The molecule has 2 aliphatic carbocycles. The molecule has 2 nitrogen and oxygen atoms in total. The first-order valence-electron chi connectivity index (χ1n) is 10.5. The number of hydrogen-bond donors (Lipinski definition) is 0. The molecule has 3 atom stereocenters. The lowest BCUT2D eigenvalue weighted by Crippen LogP contribution is -2.19. The van der Waals surface area contributed by atoms with Gasteiger partial charge in [-0.15, -0.1) is 0 Å². The van der Waals surface area contributed by atoms with Gasteiger partial charge in [0, 0.05) is 6.42 Å². The van der Waals surface area contributed by atoms with Crippen LogP contribution in [0.25, 0.3) is 0 Å². The average Bonchev–Trinajstić information content (AvgIpc) is 3.19. The van der Waals surface area contributed by atoms with Crippen LogP contribution in [0.5, 0.6) is 0 Å². The van der Waals surface area contributed by atoms with Crippen LogP contribution in [-0.2, 0) is 26.8 Å². The normalized spacial score (nSPS) is 24.4. The second kappa shape index (κ2) is 7.45. The van der Waals surface area contributed by atoms with Crippen molar-refractivity contribution in [3.63, 3.8) is 0 Å². The van der Waals surface area contributed by atoms with Crippen LogP contribution in [0.1, 0.15) is 77.5 Å². The smallest absolute Gasteiger partial charge is 0.306 e. The second-order valence-electron chi connectivity index (χ2n) is 10.6. The summed E-state index contributed by atoms with van der Waals surface area (Å²) in [6.45, 7) is 14.1. The molecule has 0 saturated heterocycles. The third kappa shape index (κ3) is 5.03. The predicted molar refractivity (Wildman–Crippen MR) is 112 cm³/mol. The predicted octanol–water partition coefficient (Wildman–Crippen LogP) is 5.97. The molecule has 2 aliphatic rings. The number of ether oxygens (including phenoxy) is 1. The third-order valence-electron chi connectivity index (χ3n) is 6.22. The van der Waals surface area contributed by atoms with Gasteiger partial charge in [-0.3, -0.25) is 4.79 Å². The number of esters is 1. The number of fused-ring (bicyclic) bond motifs is 2. The summed E-state index contributed by atoms with van der Waals surface area (Å²) >= 11 is 0. The number of hydrogen-bond acceptors (Lipinski definition) is 2. The molecule has 148 valence electrons. The van der Waals surface area contributed by atoms with E-state index in [-0.39, 0.29) is 16.8 Å². The summed E-state index contributed by atoms with van der Waals surface area (Å²) in [5.74, 6) is 1.86. The molecule has 27 heavy (non-hydrogen) atoms. The van der Waals surface area contributed by atoms with E-state index in [0.29, 0.717) is 24.9 Å². The van der Waals surface area contributed by atoms with E-state index in [1.807, 2.05) is 0 Å². The maximum Gasteiger partial charge on any atom is 0.306 e. The number of rotatable bonds is 5. The Morgan fingerprint density at radius 1 is 0.963 bits per heavy atom. The Morgan fingerprint density at radius 3 is 2.07 bits per heavy atom. The van der Waals surface area contributed by atoms with Crippen LogP contribution in [0.15, 0.2) is 30.4 Å². The van der Waals surface area contributed by atoms with Crippen LogP contribution in [0.4, 0.5) is 0 Å². The molecular weight excluding hydrogens is 332 g/mol. The van der Waals surface area contributed by atoms with Crippen LogP contribution < -0.4 is 0 Å². The summed E-state index contributed by atoms with van der Waals surface area (Å²) in [5.41, 5.74) is 4.13. The molecule has 1 aromatic carbocycles. The van der Waals surface area contributed by atoms with Gasteiger partial charge in [0.25, 0.3) is 0 Å². The zero-order valence-corrected chi connectivity index (χ0v) is 18.0. The van der Waals surface area contributed by atoms with Gasteiger partial charge in [-0.2, -0.15) is 0 Å². The lowest BCUT2D eigenvalue weighted by atomic mass is 9.79. The van der Waals surface area contributed by atoms with Crippen molar-refractivity contribution in [3.8, 4) is 0 Å². The van der Waals surface area contributed by atoms with Crippen molar-refractivity contribution in [1.82, 2.24) is 0 Å². The molecule has 1 fully saturated rings. The Morgan fingerprint density at radius 2 is 1.59 bits per heavy atom. The summed E-state index contributed by atoms with van der Waals surface area (Å²) in [4.78, 5) is 12.3. The maximum absolute atomic E-state index is 12.3. The minimum Gasteiger partial charge on any atom is -0.465 e. The fourth-order valence-electron chi connectivity index (χ4n) is 4.31. The molecule has 0 aliphatic heterocycles. The molecule has 3 rings (SSSR count). The van der Waals surface area contributed by atoms with Gasteiger partial charge in [0.1, 0.15) is 0 Å². The van der Waals surface area contributed by atoms with Gasteiger partial charge >= 0.3 is 5.97 Å². The lowest BCUT2D eigenvalue weighted by molar-refractivity contribution is -0.145. The van der Waals surface area contributed by atoms with Crippen LogP contribution in [0.3, 0.4) is 0 Å². The molecule has 2 heteroatoms. The highest BCUT2D eigenvalue weighted by Crippen LogP contribution is 2.43. The molecule has 0 amide bonds. The molecular formula is C25H36O2. The van der Waals surface area contributed by atoms with Gasteiger partial charge in [0.15, 0.2) is 0 Å². The molecule has 0 spiro atoms. The second-order valence-corrected chi connectivity index (χ2v) is 10.6. The Kier molecular flexibility index (Phi) is 5.57. The third-order valence-corrected chi connectivity index (χ3v) is 6.22. The van der Waals surface area contributed by atoms with E-state index in [1.54, 1.807) is 0 Å².